The Labute approximate surface area is 97.1 Å². The summed E-state index contributed by atoms with van der Waals surface area (Å²) in [6.45, 7) is -0.265. The van der Waals surface area contributed by atoms with Crippen LogP contribution in [0.15, 0.2) is 24.5 Å². The first kappa shape index (κ1) is 11.5. The van der Waals surface area contributed by atoms with Gasteiger partial charge >= 0.3 is 12.0 Å². The second-order valence-electron chi connectivity index (χ2n) is 3.77. The molecule has 1 N–H and O–H groups in total. The van der Waals surface area contributed by atoms with E-state index in [0.717, 1.165) is 4.90 Å². The summed E-state index contributed by atoms with van der Waals surface area (Å²) in [6.07, 6.45) is 2.86. The van der Waals surface area contributed by atoms with Crippen LogP contribution < -0.4 is 4.65 Å². The van der Waals surface area contributed by atoms with E-state index >= 15 is 0 Å². The summed E-state index contributed by atoms with van der Waals surface area (Å²) >= 11 is 0. The standard InChI is InChI=1S/C10H11N3O4/c14-9(15)7-12-5-6-13(17,10(12)16)8-1-3-11-4-2-8/h1-4H,5-7H2,(H,14,15). The molecule has 90 valence electrons. The summed E-state index contributed by atoms with van der Waals surface area (Å²) in [7, 11) is 0. The number of aromatic nitrogens is 1. The first-order valence-electron chi connectivity index (χ1n) is 5.05. The van der Waals surface area contributed by atoms with Crippen molar-refractivity contribution in [2.75, 3.05) is 19.6 Å². The lowest BCUT2D eigenvalue weighted by Gasteiger charge is -2.33. The van der Waals surface area contributed by atoms with Crippen molar-refractivity contribution in [2.45, 2.75) is 0 Å². The molecular weight excluding hydrogens is 226 g/mol. The Morgan fingerprint density at radius 2 is 2.18 bits per heavy atom. The molecule has 7 nitrogen and oxygen atoms in total. The Hall–Kier alpha value is -1.99. The fraction of sp³-hybridized carbons (Fsp3) is 0.300. The van der Waals surface area contributed by atoms with Gasteiger partial charge in [-0.3, -0.25) is 14.7 Å². The number of carboxylic acid groups (broad SMARTS) is 1. The van der Waals surface area contributed by atoms with Gasteiger partial charge in [-0.25, -0.2) is 9.44 Å². The smallest absolute Gasteiger partial charge is 0.425 e. The van der Waals surface area contributed by atoms with Gasteiger partial charge in [0.2, 0.25) is 0 Å². The quantitative estimate of drug-likeness (QED) is 0.606. The summed E-state index contributed by atoms with van der Waals surface area (Å²) in [5, 5.41) is 21.0. The molecule has 1 fully saturated rings. The van der Waals surface area contributed by atoms with E-state index in [0.29, 0.717) is 0 Å². The minimum absolute atomic E-state index is 0.0239. The van der Waals surface area contributed by atoms with E-state index in [1.165, 1.54) is 24.5 Å². The topological polar surface area (TPSA) is 93.6 Å². The highest BCUT2D eigenvalue weighted by Crippen LogP contribution is 2.27. The number of hydrogen-bond donors (Lipinski definition) is 1. The summed E-state index contributed by atoms with van der Waals surface area (Å²) in [4.78, 5) is 27.2. The third-order valence-electron chi connectivity index (χ3n) is 2.67. The van der Waals surface area contributed by atoms with Crippen molar-refractivity contribution in [2.24, 2.45) is 0 Å². The number of urea groups is 1. The molecule has 7 heteroatoms. The average Bonchev–Trinajstić information content (AvgIpc) is 2.59. The van der Waals surface area contributed by atoms with Crippen LogP contribution in [0.2, 0.25) is 0 Å². The number of pyridine rings is 1. The molecule has 1 unspecified atom stereocenters. The zero-order chi connectivity index (χ0) is 12.5. The van der Waals surface area contributed by atoms with E-state index in [4.69, 9.17) is 5.11 Å². The number of aliphatic carboxylic acids is 1. The second-order valence-corrected chi connectivity index (χ2v) is 3.77. The first-order chi connectivity index (χ1) is 8.04. The lowest BCUT2D eigenvalue weighted by Crippen LogP contribution is -2.47. The van der Waals surface area contributed by atoms with Gasteiger partial charge in [-0.05, 0) is 0 Å². The number of nitrogens with zero attached hydrogens (tertiary/aromatic N) is 3. The van der Waals surface area contributed by atoms with Crippen molar-refractivity contribution in [3.05, 3.63) is 29.7 Å². The normalized spacial score (nSPS) is 24.1. The number of carboxylic acids is 1. The highest BCUT2D eigenvalue weighted by molar-refractivity contribution is 5.91. The Kier molecular flexibility index (Phi) is 2.78. The van der Waals surface area contributed by atoms with Gasteiger partial charge < -0.3 is 10.3 Å². The molecule has 1 atom stereocenters. The van der Waals surface area contributed by atoms with Crippen LogP contribution in [0.3, 0.4) is 0 Å². The van der Waals surface area contributed by atoms with Gasteiger partial charge in [-0.2, -0.15) is 0 Å². The van der Waals surface area contributed by atoms with Crippen molar-refractivity contribution < 1.29 is 14.7 Å². The van der Waals surface area contributed by atoms with Gasteiger partial charge in [0.1, 0.15) is 18.8 Å². The summed E-state index contributed by atoms with van der Waals surface area (Å²) < 4.78 is -1.14. The number of carbonyl (C=O) groups is 2. The maximum absolute atomic E-state index is 12.4. The SMILES string of the molecule is O=C(O)CN1CC[N+]([O-])(c2ccncc2)C1=O. The molecule has 0 aliphatic carbocycles. The largest absolute Gasteiger partial charge is 0.618 e. The molecule has 1 saturated heterocycles. The number of carbonyl (C=O) groups excluding carboxylic acids is 1. The number of hydrogen-bond acceptors (Lipinski definition) is 4. The maximum Gasteiger partial charge on any atom is 0.425 e. The molecule has 17 heavy (non-hydrogen) atoms. The molecule has 1 aromatic heterocycles. The van der Waals surface area contributed by atoms with Gasteiger partial charge in [-0.15, -0.1) is 0 Å². The van der Waals surface area contributed by atoms with Crippen LogP contribution >= 0.6 is 0 Å². The van der Waals surface area contributed by atoms with E-state index in [9.17, 15) is 14.8 Å². The summed E-state index contributed by atoms with van der Waals surface area (Å²) in [6, 6.07) is 2.20. The number of quaternary nitrogens is 1. The van der Waals surface area contributed by atoms with E-state index < -0.39 is 23.2 Å². The van der Waals surface area contributed by atoms with Crippen LogP contribution in [0.1, 0.15) is 0 Å². The van der Waals surface area contributed by atoms with Crippen molar-refractivity contribution >= 4 is 17.7 Å². The van der Waals surface area contributed by atoms with Gasteiger partial charge in [0.25, 0.3) is 0 Å². The highest BCUT2D eigenvalue weighted by atomic mass is 16.6. The van der Waals surface area contributed by atoms with Crippen LogP contribution in [0.4, 0.5) is 10.5 Å². The summed E-state index contributed by atoms with van der Waals surface area (Å²) in [5.74, 6) is -1.12. The van der Waals surface area contributed by atoms with Gasteiger partial charge in [-0.1, -0.05) is 0 Å². The molecule has 2 amide bonds. The number of hydroxylamine groups is 2. The van der Waals surface area contributed by atoms with Crippen molar-refractivity contribution in [3.8, 4) is 0 Å². The third-order valence-corrected chi connectivity index (χ3v) is 2.67. The fourth-order valence-corrected chi connectivity index (χ4v) is 1.82. The van der Waals surface area contributed by atoms with Gasteiger partial charge in [0.05, 0.1) is 6.54 Å². The van der Waals surface area contributed by atoms with Crippen molar-refractivity contribution in [1.29, 1.82) is 0 Å². The molecule has 1 aliphatic heterocycles. The number of amides is 2. The van der Waals surface area contributed by atoms with Crippen LogP contribution in [-0.4, -0.2) is 46.6 Å². The molecule has 0 aromatic carbocycles. The molecule has 0 saturated carbocycles. The maximum atomic E-state index is 12.4. The Morgan fingerprint density at radius 3 is 2.76 bits per heavy atom. The second kappa shape index (κ2) is 4.11. The van der Waals surface area contributed by atoms with Crippen LogP contribution in [-0.2, 0) is 4.79 Å². The van der Waals surface area contributed by atoms with E-state index in [1.54, 1.807) is 0 Å². The zero-order valence-corrected chi connectivity index (χ0v) is 8.94. The summed E-state index contributed by atoms with van der Waals surface area (Å²) in [5.41, 5.74) is 0.276. The Morgan fingerprint density at radius 1 is 1.53 bits per heavy atom. The average molecular weight is 237 g/mol. The van der Waals surface area contributed by atoms with E-state index in [-0.39, 0.29) is 18.8 Å². The van der Waals surface area contributed by atoms with Crippen LogP contribution in [0.25, 0.3) is 0 Å². The lowest BCUT2D eigenvalue weighted by molar-refractivity contribution is -0.137. The molecule has 1 aromatic rings. The molecule has 2 heterocycles. The third kappa shape index (κ3) is 1.97. The van der Waals surface area contributed by atoms with Crippen LogP contribution in [0.5, 0.6) is 0 Å². The van der Waals surface area contributed by atoms with Gasteiger partial charge in [0, 0.05) is 24.5 Å². The first-order valence-corrected chi connectivity index (χ1v) is 5.05. The molecule has 2 rings (SSSR count). The zero-order valence-electron chi connectivity index (χ0n) is 8.94. The molecule has 0 bridgehead atoms. The van der Waals surface area contributed by atoms with Crippen molar-refractivity contribution in [3.63, 3.8) is 0 Å². The molecular formula is C10H11N3O4. The monoisotopic (exact) mass is 237 g/mol. The van der Waals surface area contributed by atoms with Crippen molar-refractivity contribution in [1.82, 2.24) is 14.5 Å². The minimum atomic E-state index is -1.14. The minimum Gasteiger partial charge on any atom is -0.618 e. The predicted molar refractivity (Wildman–Crippen MR) is 58.9 cm³/mol. The van der Waals surface area contributed by atoms with E-state index in [1.807, 2.05) is 0 Å². The fourth-order valence-electron chi connectivity index (χ4n) is 1.82. The highest BCUT2D eigenvalue weighted by Gasteiger charge is 2.42. The Bertz CT molecular complexity index is 450. The molecule has 0 radical (unpaired) electrons. The van der Waals surface area contributed by atoms with Gasteiger partial charge in [0.15, 0.2) is 0 Å². The molecule has 1 aliphatic rings. The van der Waals surface area contributed by atoms with Crippen LogP contribution in [0, 0.1) is 5.21 Å². The number of rotatable bonds is 3. The predicted octanol–water partition coefficient (Wildman–Crippen LogP) is 0.407. The molecule has 0 spiro atoms. The Balaban J connectivity index is 2.24. The lowest BCUT2D eigenvalue weighted by atomic mass is 10.3. The van der Waals surface area contributed by atoms with E-state index in [2.05, 4.69) is 4.98 Å².